The minimum Gasteiger partial charge on any atom is -0.352 e. The van der Waals surface area contributed by atoms with Gasteiger partial charge in [-0.2, -0.15) is 0 Å². The van der Waals surface area contributed by atoms with Gasteiger partial charge in [-0.1, -0.05) is 40.2 Å². The molecule has 10 heteroatoms. The van der Waals surface area contributed by atoms with E-state index in [0.717, 1.165) is 12.8 Å². The van der Waals surface area contributed by atoms with Crippen LogP contribution in [0.25, 0.3) is 0 Å². The summed E-state index contributed by atoms with van der Waals surface area (Å²) in [5.41, 5.74) is 0.530. The third kappa shape index (κ3) is 9.47. The average molecular weight is 458 g/mol. The van der Waals surface area contributed by atoms with Crippen LogP contribution >= 0.6 is 7.82 Å². The monoisotopic (exact) mass is 458 g/mol. The van der Waals surface area contributed by atoms with Gasteiger partial charge in [0.25, 0.3) is 5.69 Å². The van der Waals surface area contributed by atoms with Gasteiger partial charge in [0.2, 0.25) is 5.91 Å². The number of amides is 1. The lowest BCUT2D eigenvalue weighted by Gasteiger charge is -2.22. The Morgan fingerprint density at radius 3 is 2.39 bits per heavy atom. The second-order valence-corrected chi connectivity index (χ2v) is 9.10. The van der Waals surface area contributed by atoms with E-state index < -0.39 is 25.0 Å². The van der Waals surface area contributed by atoms with Crippen LogP contribution in [0, 0.1) is 16.0 Å². The highest BCUT2D eigenvalue weighted by molar-refractivity contribution is 7.47. The molecule has 0 fully saturated rings. The summed E-state index contributed by atoms with van der Waals surface area (Å²) in [6.45, 7) is 9.45. The maximum Gasteiger partial charge on any atom is 0.473 e. The zero-order valence-corrected chi connectivity index (χ0v) is 19.9. The van der Waals surface area contributed by atoms with Crippen LogP contribution < -0.4 is 5.32 Å². The summed E-state index contributed by atoms with van der Waals surface area (Å²) in [6, 6.07) is 4.36. The molecule has 2 N–H and O–H groups in total. The van der Waals surface area contributed by atoms with E-state index in [2.05, 4.69) is 19.2 Å². The lowest BCUT2D eigenvalue weighted by Crippen LogP contribution is -2.23. The summed E-state index contributed by atoms with van der Waals surface area (Å²) in [7, 11) is -4.41. The van der Waals surface area contributed by atoms with Gasteiger partial charge in [-0.25, -0.2) is 4.57 Å². The number of phosphoric acid groups is 1. The number of phosphoric ester groups is 1. The molecule has 1 amide bonds. The Morgan fingerprint density at radius 2 is 1.84 bits per heavy atom. The molecular formula is C21H35N2O7P. The molecule has 0 aromatic heterocycles. The lowest BCUT2D eigenvalue weighted by molar-refractivity contribution is -0.386. The number of nitrogens with zero attached hydrogens (tertiary/aromatic N) is 1. The second kappa shape index (κ2) is 12.9. The molecule has 1 rings (SSSR count). The molecule has 1 aromatic rings. The zero-order chi connectivity index (χ0) is 23.6. The molecule has 0 bridgehead atoms. The Labute approximate surface area is 184 Å². The van der Waals surface area contributed by atoms with Crippen LogP contribution in [0.1, 0.15) is 84.0 Å². The molecule has 0 saturated carbocycles. The van der Waals surface area contributed by atoms with Crippen LogP contribution in [-0.4, -0.2) is 21.8 Å². The quantitative estimate of drug-likeness (QED) is 0.216. The molecular weight excluding hydrogens is 423 g/mol. The fourth-order valence-corrected chi connectivity index (χ4v) is 4.22. The molecule has 0 radical (unpaired) electrons. The van der Waals surface area contributed by atoms with Crippen molar-refractivity contribution in [3.63, 3.8) is 0 Å². The normalized spacial score (nSPS) is 15.3. The van der Waals surface area contributed by atoms with Crippen LogP contribution in [0.2, 0.25) is 0 Å². The smallest absolute Gasteiger partial charge is 0.352 e. The summed E-state index contributed by atoms with van der Waals surface area (Å²) in [4.78, 5) is 33.0. The summed E-state index contributed by atoms with van der Waals surface area (Å²) in [5, 5.41) is 14.2. The first kappa shape index (κ1) is 27.2. The third-order valence-electron chi connectivity index (χ3n) is 5.26. The van der Waals surface area contributed by atoms with Gasteiger partial charge in [-0.3, -0.25) is 24.0 Å². The van der Waals surface area contributed by atoms with Crippen molar-refractivity contribution in [1.82, 2.24) is 5.32 Å². The van der Waals surface area contributed by atoms with Gasteiger partial charge < -0.3 is 10.2 Å². The Morgan fingerprint density at radius 1 is 1.19 bits per heavy atom. The maximum absolute atomic E-state index is 12.3. The lowest BCUT2D eigenvalue weighted by atomic mass is 10.0. The van der Waals surface area contributed by atoms with Crippen LogP contribution in [0.5, 0.6) is 0 Å². The van der Waals surface area contributed by atoms with Crippen molar-refractivity contribution in [3.05, 3.63) is 39.4 Å². The maximum atomic E-state index is 12.3. The van der Waals surface area contributed by atoms with Crippen molar-refractivity contribution >= 4 is 19.4 Å². The first-order valence-electron chi connectivity index (χ1n) is 10.8. The summed E-state index contributed by atoms with van der Waals surface area (Å²) >= 11 is 0. The van der Waals surface area contributed by atoms with Crippen molar-refractivity contribution in [2.45, 2.75) is 85.5 Å². The molecule has 3 atom stereocenters. The first-order valence-corrected chi connectivity index (χ1v) is 12.3. The topological polar surface area (TPSA) is 128 Å². The van der Waals surface area contributed by atoms with Crippen molar-refractivity contribution in [2.75, 3.05) is 0 Å². The number of nitro groups is 1. The third-order valence-corrected chi connectivity index (χ3v) is 6.41. The number of nitro benzene ring substituents is 1. The number of nitrogens with one attached hydrogen (secondary N) is 1. The minimum atomic E-state index is -4.41. The highest BCUT2D eigenvalue weighted by Crippen LogP contribution is 2.50. The number of carbonyl (C=O) groups excluding carboxylic acids is 1. The van der Waals surface area contributed by atoms with Crippen molar-refractivity contribution in [3.8, 4) is 0 Å². The minimum absolute atomic E-state index is 0.0945. The molecule has 176 valence electrons. The molecule has 1 aromatic carbocycles. The van der Waals surface area contributed by atoms with E-state index in [-0.39, 0.29) is 23.7 Å². The number of hydrogen-bond donors (Lipinski definition) is 2. The Bertz CT molecular complexity index is 783. The van der Waals surface area contributed by atoms with E-state index in [4.69, 9.17) is 9.05 Å². The van der Waals surface area contributed by atoms with Crippen molar-refractivity contribution < 1.29 is 28.2 Å². The predicted octanol–water partition coefficient (Wildman–Crippen LogP) is 5.42. The van der Waals surface area contributed by atoms with E-state index in [9.17, 15) is 24.4 Å². The fraction of sp³-hybridized carbons (Fsp3) is 0.667. The molecule has 0 heterocycles. The van der Waals surface area contributed by atoms with E-state index in [1.807, 2.05) is 13.8 Å². The molecule has 0 aliphatic rings. The van der Waals surface area contributed by atoms with Crippen LogP contribution in [-0.2, 0) is 25.0 Å². The van der Waals surface area contributed by atoms with Crippen LogP contribution in [0.4, 0.5) is 5.69 Å². The largest absolute Gasteiger partial charge is 0.473 e. The molecule has 9 nitrogen and oxygen atoms in total. The standard InChI is InChI=1S/C21H35N2O7P/c1-6-15(4)9-12-21(24)22-14-17-10-11-20(23(25)26)19(13-17)16(5)29-31(27,28)30-18(7-2)8-3/h10-11,13,15-16,18H,6-9,12,14H2,1-5H3,(H,22,24)(H,27,28). The van der Waals surface area contributed by atoms with E-state index in [1.54, 1.807) is 6.07 Å². The summed E-state index contributed by atoms with van der Waals surface area (Å²) in [5.74, 6) is 0.370. The highest BCUT2D eigenvalue weighted by Gasteiger charge is 2.31. The van der Waals surface area contributed by atoms with E-state index in [0.29, 0.717) is 30.7 Å². The van der Waals surface area contributed by atoms with Gasteiger partial charge in [-0.05, 0) is 43.7 Å². The summed E-state index contributed by atoms with van der Waals surface area (Å²) < 4.78 is 22.7. The fourth-order valence-electron chi connectivity index (χ4n) is 2.98. The molecule has 0 spiro atoms. The molecule has 0 saturated heterocycles. The first-order chi connectivity index (χ1) is 14.5. The molecule has 0 aliphatic carbocycles. The second-order valence-electron chi connectivity index (χ2n) is 7.74. The number of rotatable bonds is 14. The van der Waals surface area contributed by atoms with Crippen molar-refractivity contribution in [1.29, 1.82) is 0 Å². The molecule has 3 unspecified atom stereocenters. The van der Waals surface area contributed by atoms with Crippen molar-refractivity contribution in [2.24, 2.45) is 5.92 Å². The van der Waals surface area contributed by atoms with Crippen LogP contribution in [0.3, 0.4) is 0 Å². The number of carbonyl (C=O) groups is 1. The molecule has 31 heavy (non-hydrogen) atoms. The van der Waals surface area contributed by atoms with E-state index >= 15 is 0 Å². The summed E-state index contributed by atoms with van der Waals surface area (Å²) in [6.07, 6.45) is 1.76. The number of hydrogen-bond acceptors (Lipinski definition) is 6. The average Bonchev–Trinajstić information content (AvgIpc) is 2.73. The van der Waals surface area contributed by atoms with E-state index in [1.165, 1.54) is 19.1 Å². The van der Waals surface area contributed by atoms with Gasteiger partial charge >= 0.3 is 7.82 Å². The van der Waals surface area contributed by atoms with Gasteiger partial charge in [0, 0.05) is 19.0 Å². The predicted molar refractivity (Wildman–Crippen MR) is 118 cm³/mol. The highest BCUT2D eigenvalue weighted by atomic mass is 31.2. The van der Waals surface area contributed by atoms with Gasteiger partial charge in [0.05, 0.1) is 22.7 Å². The Balaban J connectivity index is 2.92. The molecule has 0 aliphatic heterocycles. The number of benzene rings is 1. The van der Waals surface area contributed by atoms with Gasteiger partial charge in [0.15, 0.2) is 0 Å². The van der Waals surface area contributed by atoms with Gasteiger partial charge in [-0.15, -0.1) is 0 Å². The Kier molecular flexibility index (Phi) is 11.3. The van der Waals surface area contributed by atoms with Gasteiger partial charge in [0.1, 0.15) is 0 Å². The zero-order valence-electron chi connectivity index (χ0n) is 19.0. The Hall–Kier alpha value is -1.80. The SMILES string of the molecule is CCC(C)CCC(=O)NCc1ccc([N+](=O)[O-])c(C(C)OP(=O)(O)OC(CC)CC)c1. The van der Waals surface area contributed by atoms with Crippen LogP contribution in [0.15, 0.2) is 18.2 Å².